The molecule has 9 heteroatoms. The molecule has 0 fully saturated rings. The summed E-state index contributed by atoms with van der Waals surface area (Å²) in [5.41, 5.74) is 4.65. The van der Waals surface area contributed by atoms with Crippen LogP contribution < -0.4 is 9.42 Å². The zero-order chi connectivity index (χ0) is 21.6. The highest BCUT2D eigenvalue weighted by Crippen LogP contribution is 2.48. The molecule has 0 bridgehead atoms. The number of nitrogens with zero attached hydrogens (tertiary/aromatic N) is 3. The van der Waals surface area contributed by atoms with E-state index >= 15 is 0 Å². The van der Waals surface area contributed by atoms with Gasteiger partial charge in [-0.2, -0.15) is 5.26 Å². The lowest BCUT2D eigenvalue weighted by molar-refractivity contribution is 0.281. The van der Waals surface area contributed by atoms with E-state index < -0.39 is 7.82 Å². The monoisotopic (exact) mass is 453 g/mol. The van der Waals surface area contributed by atoms with E-state index in [2.05, 4.69) is 16.0 Å². The Kier molecular flexibility index (Phi) is 5.07. The molecule has 3 aromatic rings. The number of phosphoric acid groups is 1. The van der Waals surface area contributed by atoms with Crippen molar-refractivity contribution in [1.82, 2.24) is 4.98 Å². The van der Waals surface area contributed by atoms with E-state index in [0.717, 1.165) is 59.4 Å². The largest absolute Gasteiger partial charge is 0.524 e. The average Bonchev–Trinajstić information content (AvgIpc) is 3.18. The smallest absolute Gasteiger partial charge is 0.403 e. The number of para-hydroxylation sites is 1. The molecule has 0 unspecified atom stereocenters. The Hall–Kier alpha value is -2.69. The third kappa shape index (κ3) is 3.86. The lowest BCUT2D eigenvalue weighted by Crippen LogP contribution is -2.34. The number of rotatable bonds is 4. The van der Waals surface area contributed by atoms with Crippen LogP contribution in [0.1, 0.15) is 34.5 Å². The summed E-state index contributed by atoms with van der Waals surface area (Å²) in [5.74, 6) is 0.174. The molecule has 7 nitrogen and oxygen atoms in total. The Morgan fingerprint density at radius 3 is 2.77 bits per heavy atom. The van der Waals surface area contributed by atoms with Crippen LogP contribution in [0.2, 0.25) is 0 Å². The molecule has 2 aliphatic rings. The van der Waals surface area contributed by atoms with Crippen LogP contribution in [0.5, 0.6) is 5.75 Å². The fraction of sp³-hybridized carbons (Fsp3) is 0.273. The second-order valence-electron chi connectivity index (χ2n) is 7.71. The second-order valence-corrected chi connectivity index (χ2v) is 9.91. The number of anilines is 1. The maximum absolute atomic E-state index is 11.8. The minimum absolute atomic E-state index is 0.174. The van der Waals surface area contributed by atoms with Gasteiger partial charge in [-0.15, -0.1) is 11.3 Å². The summed E-state index contributed by atoms with van der Waals surface area (Å²) in [6.07, 6.45) is 5.13. The molecule has 158 valence electrons. The lowest BCUT2D eigenvalue weighted by Gasteiger charge is -2.38. The molecule has 0 aliphatic carbocycles. The number of benzene rings is 2. The van der Waals surface area contributed by atoms with Crippen molar-refractivity contribution >= 4 is 46.7 Å². The molecule has 0 atom stereocenters. The number of hydrogen-bond donors (Lipinski definition) is 2. The molecule has 2 aromatic carbocycles. The number of aromatic nitrogens is 1. The molecular weight excluding hydrogens is 433 g/mol. The van der Waals surface area contributed by atoms with E-state index in [-0.39, 0.29) is 5.75 Å². The normalized spacial score (nSPS) is 16.2. The number of phosphoric ester groups is 1. The van der Waals surface area contributed by atoms with E-state index in [1.807, 2.05) is 30.3 Å². The Labute approximate surface area is 183 Å². The van der Waals surface area contributed by atoms with Crippen LogP contribution in [0.4, 0.5) is 5.69 Å². The van der Waals surface area contributed by atoms with Gasteiger partial charge in [0.1, 0.15) is 16.8 Å². The molecule has 0 amide bonds. The van der Waals surface area contributed by atoms with E-state index in [4.69, 9.17) is 4.52 Å². The summed E-state index contributed by atoms with van der Waals surface area (Å²) in [4.78, 5) is 26.0. The second kappa shape index (κ2) is 7.77. The van der Waals surface area contributed by atoms with Crippen molar-refractivity contribution in [1.29, 1.82) is 5.26 Å². The van der Waals surface area contributed by atoms with Crippen molar-refractivity contribution < 1.29 is 18.9 Å². The predicted molar refractivity (Wildman–Crippen MR) is 121 cm³/mol. The number of thiazole rings is 1. The molecule has 5 rings (SSSR count). The van der Waals surface area contributed by atoms with E-state index in [0.29, 0.717) is 22.6 Å². The van der Waals surface area contributed by atoms with Gasteiger partial charge in [-0.25, -0.2) is 9.55 Å². The van der Waals surface area contributed by atoms with Gasteiger partial charge >= 0.3 is 7.82 Å². The summed E-state index contributed by atoms with van der Waals surface area (Å²) in [7, 11) is -4.78. The van der Waals surface area contributed by atoms with E-state index in [9.17, 15) is 19.6 Å². The van der Waals surface area contributed by atoms with E-state index in [1.54, 1.807) is 6.08 Å². The van der Waals surface area contributed by atoms with Crippen molar-refractivity contribution in [2.45, 2.75) is 25.7 Å². The number of allylic oxidation sites excluding steroid dienone is 1. The molecule has 0 radical (unpaired) electrons. The molecule has 2 N–H and O–H groups in total. The first kappa shape index (κ1) is 20.2. The van der Waals surface area contributed by atoms with Crippen LogP contribution in [0, 0.1) is 11.3 Å². The number of aryl methyl sites for hydroxylation is 1. The molecule has 0 saturated carbocycles. The van der Waals surface area contributed by atoms with Crippen LogP contribution in [-0.2, 0) is 17.4 Å². The number of fused-ring (bicyclic) bond motifs is 1. The highest BCUT2D eigenvalue weighted by Gasteiger charge is 2.31. The van der Waals surface area contributed by atoms with Gasteiger partial charge in [-0.1, -0.05) is 12.1 Å². The first-order valence-corrected chi connectivity index (χ1v) is 12.4. The molecule has 3 heterocycles. The van der Waals surface area contributed by atoms with Gasteiger partial charge in [-0.05, 0) is 55.5 Å². The van der Waals surface area contributed by atoms with Gasteiger partial charge in [0.15, 0.2) is 0 Å². The lowest BCUT2D eigenvalue weighted by atomic mass is 9.88. The summed E-state index contributed by atoms with van der Waals surface area (Å²) >= 11 is 1.41. The van der Waals surface area contributed by atoms with Gasteiger partial charge in [0.05, 0.1) is 15.8 Å². The first-order chi connectivity index (χ1) is 14.9. The Bertz CT molecular complexity index is 1270. The molecule has 2 aliphatic heterocycles. The first-order valence-electron chi connectivity index (χ1n) is 10.1. The third-order valence-electron chi connectivity index (χ3n) is 5.66. The minimum atomic E-state index is -4.78. The van der Waals surface area contributed by atoms with Gasteiger partial charge < -0.3 is 9.42 Å². The number of nitriles is 1. The summed E-state index contributed by atoms with van der Waals surface area (Å²) < 4.78 is 18.0. The van der Waals surface area contributed by atoms with Gasteiger partial charge in [0, 0.05) is 29.9 Å². The molecular formula is C22H20N3O4PS. The van der Waals surface area contributed by atoms with E-state index in [1.165, 1.54) is 11.3 Å². The van der Waals surface area contributed by atoms with Gasteiger partial charge in [0.2, 0.25) is 0 Å². The standard InChI is InChI=1S/C22H20N3O4PS/c23-13-16(22-24-18-7-1-2-8-19(18)31-22)12-15-11-14-5-3-9-25-10-4-6-17(20(14)25)21(15)29-30(26,27)28/h1-2,7-8,11-12H,3-6,9-10H2,(H2,26,27,28)/b16-12+. The highest BCUT2D eigenvalue weighted by molar-refractivity contribution is 7.46. The Morgan fingerprint density at radius 1 is 1.26 bits per heavy atom. The zero-order valence-corrected chi connectivity index (χ0v) is 18.3. The van der Waals surface area contributed by atoms with Crippen LogP contribution >= 0.6 is 19.2 Å². The fourth-order valence-corrected chi connectivity index (χ4v) is 5.86. The van der Waals surface area contributed by atoms with Crippen molar-refractivity contribution in [3.05, 3.63) is 52.0 Å². The van der Waals surface area contributed by atoms with Crippen molar-refractivity contribution in [3.63, 3.8) is 0 Å². The van der Waals surface area contributed by atoms with Crippen LogP contribution in [-0.4, -0.2) is 27.9 Å². The predicted octanol–water partition coefficient (Wildman–Crippen LogP) is 4.53. The van der Waals surface area contributed by atoms with Crippen LogP contribution in [0.25, 0.3) is 21.9 Å². The average molecular weight is 453 g/mol. The minimum Gasteiger partial charge on any atom is -0.403 e. The SMILES string of the molecule is N#C/C(=C\c1cc2c3c(c1OP(=O)(O)O)CCCN3CCC2)c1nc2ccccc2s1. The maximum atomic E-state index is 11.8. The van der Waals surface area contributed by atoms with Gasteiger partial charge in [0.25, 0.3) is 0 Å². The quantitative estimate of drug-likeness (QED) is 0.441. The number of hydrogen-bond acceptors (Lipinski definition) is 6. The Morgan fingerprint density at radius 2 is 2.03 bits per heavy atom. The van der Waals surface area contributed by atoms with Crippen molar-refractivity contribution in [2.24, 2.45) is 0 Å². The Balaban J connectivity index is 1.70. The molecule has 0 saturated heterocycles. The summed E-state index contributed by atoms with van der Waals surface area (Å²) in [5, 5.41) is 10.4. The molecule has 31 heavy (non-hydrogen) atoms. The third-order valence-corrected chi connectivity index (χ3v) is 7.15. The van der Waals surface area contributed by atoms with Crippen molar-refractivity contribution in [2.75, 3.05) is 18.0 Å². The van der Waals surface area contributed by atoms with Crippen LogP contribution in [0.3, 0.4) is 0 Å². The zero-order valence-electron chi connectivity index (χ0n) is 16.6. The molecule has 0 spiro atoms. The summed E-state index contributed by atoms with van der Waals surface area (Å²) in [6.45, 7) is 1.86. The summed E-state index contributed by atoms with van der Waals surface area (Å²) in [6, 6.07) is 11.8. The highest BCUT2D eigenvalue weighted by atomic mass is 32.1. The van der Waals surface area contributed by atoms with Gasteiger partial charge in [-0.3, -0.25) is 9.79 Å². The fourth-order valence-electron chi connectivity index (χ4n) is 4.47. The topological polar surface area (TPSA) is 107 Å². The van der Waals surface area contributed by atoms with Crippen LogP contribution in [0.15, 0.2) is 30.3 Å². The molecule has 1 aromatic heterocycles. The van der Waals surface area contributed by atoms with Crippen molar-refractivity contribution in [3.8, 4) is 11.8 Å². The maximum Gasteiger partial charge on any atom is 0.524 e.